The largest absolute Gasteiger partial charge is 0.479 e. The van der Waals surface area contributed by atoms with E-state index in [2.05, 4.69) is 0 Å². The Balaban J connectivity index is 2.41. The molecule has 0 saturated carbocycles. The average Bonchev–Trinajstić information content (AvgIpc) is 2.54. The molecule has 2 rings (SSSR count). The number of Topliss-reactive ketones (excluding diaryl/α,β-unsaturated/α-hetero) is 1. The molecule has 1 aliphatic rings. The van der Waals surface area contributed by atoms with Gasteiger partial charge in [-0.2, -0.15) is 0 Å². The van der Waals surface area contributed by atoms with Crippen molar-refractivity contribution >= 4 is 23.3 Å². The van der Waals surface area contributed by atoms with Crippen LogP contribution in [0.25, 0.3) is 0 Å². The number of esters is 1. The van der Waals surface area contributed by atoms with Crippen molar-refractivity contribution in [3.05, 3.63) is 23.8 Å². The summed E-state index contributed by atoms with van der Waals surface area (Å²) in [4.78, 5) is 37.9. The summed E-state index contributed by atoms with van der Waals surface area (Å²) >= 11 is 0. The molecule has 1 aromatic carbocycles. The highest BCUT2D eigenvalue weighted by Gasteiger charge is 2.38. The zero-order chi connectivity index (χ0) is 18.0. The minimum absolute atomic E-state index is 0.126. The maximum absolute atomic E-state index is 12.6. The Morgan fingerprint density at radius 3 is 2.58 bits per heavy atom. The molecule has 6 nitrogen and oxygen atoms in total. The van der Waals surface area contributed by atoms with Crippen LogP contribution in [0.15, 0.2) is 18.2 Å². The fourth-order valence-corrected chi connectivity index (χ4v) is 2.46. The predicted octanol–water partition coefficient (Wildman–Crippen LogP) is 2.73. The van der Waals surface area contributed by atoms with Crippen LogP contribution in [0.5, 0.6) is 5.75 Å². The van der Waals surface area contributed by atoms with Crippen molar-refractivity contribution < 1.29 is 23.9 Å². The monoisotopic (exact) mass is 333 g/mol. The van der Waals surface area contributed by atoms with Gasteiger partial charge in [-0.1, -0.05) is 6.92 Å². The molecule has 0 aliphatic carbocycles. The van der Waals surface area contributed by atoms with Gasteiger partial charge in [0.2, 0.25) is 0 Å². The highest BCUT2D eigenvalue weighted by molar-refractivity contribution is 6.05. The third-order valence-corrected chi connectivity index (χ3v) is 4.13. The van der Waals surface area contributed by atoms with E-state index in [0.717, 1.165) is 0 Å². The van der Waals surface area contributed by atoms with Gasteiger partial charge in [0.25, 0.3) is 5.91 Å². The van der Waals surface area contributed by atoms with Crippen LogP contribution in [0.1, 0.15) is 51.4 Å². The van der Waals surface area contributed by atoms with Crippen LogP contribution in [0.2, 0.25) is 0 Å². The standard InChI is InChI=1S/C18H23NO5/c1-6-10(2)23-18(22)11(3)19-15-9-14(12(4)20)7-8-16(15)24-13(5)17(19)21/h7-11,13H,6H2,1-5H3. The number of carbonyl (C=O) groups is 3. The number of ether oxygens (including phenoxy) is 2. The van der Waals surface area contributed by atoms with Gasteiger partial charge in [0.1, 0.15) is 11.8 Å². The molecule has 0 radical (unpaired) electrons. The van der Waals surface area contributed by atoms with Crippen molar-refractivity contribution in [3.63, 3.8) is 0 Å². The molecular weight excluding hydrogens is 310 g/mol. The van der Waals surface area contributed by atoms with E-state index >= 15 is 0 Å². The van der Waals surface area contributed by atoms with Gasteiger partial charge in [0.15, 0.2) is 11.9 Å². The third kappa shape index (κ3) is 3.42. The van der Waals surface area contributed by atoms with Crippen LogP contribution in [0, 0.1) is 0 Å². The maximum atomic E-state index is 12.6. The fourth-order valence-electron chi connectivity index (χ4n) is 2.46. The second-order valence-corrected chi connectivity index (χ2v) is 6.04. The SMILES string of the molecule is CCC(C)OC(=O)C(C)N1C(=O)C(C)Oc2ccc(C(C)=O)cc21. The molecule has 1 amide bonds. The Hall–Kier alpha value is -2.37. The van der Waals surface area contributed by atoms with E-state index in [1.165, 1.54) is 11.8 Å². The number of ketones is 1. The number of fused-ring (bicyclic) bond motifs is 1. The first-order chi connectivity index (χ1) is 11.3. The first kappa shape index (κ1) is 18.0. The van der Waals surface area contributed by atoms with Gasteiger partial charge in [-0.15, -0.1) is 0 Å². The summed E-state index contributed by atoms with van der Waals surface area (Å²) in [7, 11) is 0. The molecule has 130 valence electrons. The van der Waals surface area contributed by atoms with E-state index in [-0.39, 0.29) is 17.8 Å². The number of amides is 1. The molecule has 1 aliphatic heterocycles. The summed E-state index contributed by atoms with van der Waals surface area (Å²) in [5, 5.41) is 0. The second kappa shape index (κ2) is 7.03. The van der Waals surface area contributed by atoms with Crippen molar-refractivity contribution in [2.75, 3.05) is 4.90 Å². The van der Waals surface area contributed by atoms with Gasteiger partial charge < -0.3 is 9.47 Å². The van der Waals surface area contributed by atoms with Gasteiger partial charge >= 0.3 is 5.97 Å². The van der Waals surface area contributed by atoms with E-state index in [1.54, 1.807) is 39.0 Å². The lowest BCUT2D eigenvalue weighted by Crippen LogP contribution is -2.52. The van der Waals surface area contributed by atoms with Crippen molar-refractivity contribution in [1.29, 1.82) is 0 Å². The number of rotatable bonds is 5. The van der Waals surface area contributed by atoms with Gasteiger partial charge in [0.05, 0.1) is 11.8 Å². The summed E-state index contributed by atoms with van der Waals surface area (Å²) in [6, 6.07) is 4.06. The molecule has 0 N–H and O–H groups in total. The van der Waals surface area contributed by atoms with Crippen LogP contribution in [-0.2, 0) is 14.3 Å². The van der Waals surface area contributed by atoms with E-state index < -0.39 is 18.1 Å². The first-order valence-corrected chi connectivity index (χ1v) is 8.11. The Morgan fingerprint density at radius 1 is 1.33 bits per heavy atom. The van der Waals surface area contributed by atoms with Gasteiger partial charge in [-0.05, 0) is 52.3 Å². The minimum Gasteiger partial charge on any atom is -0.479 e. The summed E-state index contributed by atoms with van der Waals surface area (Å²) in [5.74, 6) is -0.475. The highest BCUT2D eigenvalue weighted by Crippen LogP contribution is 2.36. The van der Waals surface area contributed by atoms with Crippen LogP contribution < -0.4 is 9.64 Å². The lowest BCUT2D eigenvalue weighted by molar-refractivity contribution is -0.151. The van der Waals surface area contributed by atoms with Crippen LogP contribution in [-0.4, -0.2) is 35.9 Å². The summed E-state index contributed by atoms with van der Waals surface area (Å²) in [5.41, 5.74) is 0.867. The molecule has 1 heterocycles. The number of carbonyl (C=O) groups excluding carboxylic acids is 3. The molecule has 0 saturated heterocycles. The van der Waals surface area contributed by atoms with Gasteiger partial charge in [-0.3, -0.25) is 14.5 Å². The van der Waals surface area contributed by atoms with E-state index in [1.807, 2.05) is 6.92 Å². The van der Waals surface area contributed by atoms with Crippen molar-refractivity contribution in [2.24, 2.45) is 0 Å². The van der Waals surface area contributed by atoms with Crippen LogP contribution in [0.4, 0.5) is 5.69 Å². The zero-order valence-corrected chi connectivity index (χ0v) is 14.7. The molecule has 0 spiro atoms. The molecule has 3 atom stereocenters. The first-order valence-electron chi connectivity index (χ1n) is 8.11. The fraction of sp³-hybridized carbons (Fsp3) is 0.500. The Morgan fingerprint density at radius 2 is 2.00 bits per heavy atom. The Kier molecular flexibility index (Phi) is 5.26. The number of hydrogen-bond donors (Lipinski definition) is 0. The van der Waals surface area contributed by atoms with E-state index in [4.69, 9.17) is 9.47 Å². The van der Waals surface area contributed by atoms with E-state index in [9.17, 15) is 14.4 Å². The third-order valence-electron chi connectivity index (χ3n) is 4.13. The van der Waals surface area contributed by atoms with Gasteiger partial charge in [0, 0.05) is 5.56 Å². The van der Waals surface area contributed by atoms with Crippen LogP contribution >= 0.6 is 0 Å². The van der Waals surface area contributed by atoms with Crippen molar-refractivity contribution in [2.45, 2.75) is 59.3 Å². The van der Waals surface area contributed by atoms with Crippen molar-refractivity contribution in [3.8, 4) is 5.75 Å². The summed E-state index contributed by atoms with van der Waals surface area (Å²) in [6.45, 7) is 8.41. The Bertz CT molecular complexity index is 669. The zero-order valence-electron chi connectivity index (χ0n) is 14.7. The smallest absolute Gasteiger partial charge is 0.329 e. The second-order valence-electron chi connectivity index (χ2n) is 6.04. The molecule has 6 heteroatoms. The van der Waals surface area contributed by atoms with Gasteiger partial charge in [-0.25, -0.2) is 4.79 Å². The summed E-state index contributed by atoms with van der Waals surface area (Å²) < 4.78 is 10.9. The summed E-state index contributed by atoms with van der Waals surface area (Å²) in [6.07, 6.45) is -0.243. The number of benzene rings is 1. The molecule has 1 aromatic rings. The lowest BCUT2D eigenvalue weighted by Gasteiger charge is -2.36. The molecule has 0 fully saturated rings. The number of hydrogen-bond acceptors (Lipinski definition) is 5. The molecule has 0 bridgehead atoms. The van der Waals surface area contributed by atoms with E-state index in [0.29, 0.717) is 23.4 Å². The molecular formula is C18H23NO5. The topological polar surface area (TPSA) is 72.9 Å². The number of anilines is 1. The average molecular weight is 333 g/mol. The molecule has 0 aromatic heterocycles. The van der Waals surface area contributed by atoms with Crippen molar-refractivity contribution in [1.82, 2.24) is 0 Å². The quantitative estimate of drug-likeness (QED) is 0.612. The molecule has 3 unspecified atom stereocenters. The lowest BCUT2D eigenvalue weighted by atomic mass is 10.1. The van der Waals surface area contributed by atoms with Crippen LogP contribution in [0.3, 0.4) is 0 Å². The highest BCUT2D eigenvalue weighted by atomic mass is 16.5. The predicted molar refractivity (Wildman–Crippen MR) is 89.3 cm³/mol. The normalized spacial score (nSPS) is 19.1. The minimum atomic E-state index is -0.807. The maximum Gasteiger partial charge on any atom is 0.329 e. The number of nitrogens with zero attached hydrogens (tertiary/aromatic N) is 1. The Labute approximate surface area is 141 Å². The molecule has 24 heavy (non-hydrogen) atoms.